The van der Waals surface area contributed by atoms with Gasteiger partial charge in [0.25, 0.3) is 5.91 Å². The number of hydrogen-bond donors (Lipinski definition) is 1. The molecule has 8 heteroatoms. The van der Waals surface area contributed by atoms with Gasteiger partial charge in [-0.2, -0.15) is 9.40 Å². The zero-order valence-electron chi connectivity index (χ0n) is 17.3. The molecule has 4 rings (SSSR count). The van der Waals surface area contributed by atoms with Gasteiger partial charge in [-0.3, -0.25) is 9.48 Å². The molecule has 0 bridgehead atoms. The smallest absolute Gasteiger partial charge is 0.255 e. The minimum Gasteiger partial charge on any atom is -0.319 e. The van der Waals surface area contributed by atoms with Gasteiger partial charge >= 0.3 is 0 Å². The van der Waals surface area contributed by atoms with Crippen LogP contribution in [0.2, 0.25) is 0 Å². The summed E-state index contributed by atoms with van der Waals surface area (Å²) < 4.78 is 29.1. The van der Waals surface area contributed by atoms with Gasteiger partial charge in [0.05, 0.1) is 23.3 Å². The molecular weight excluding hydrogens is 412 g/mol. The van der Waals surface area contributed by atoms with Gasteiger partial charge in [-0.1, -0.05) is 43.2 Å². The number of sulfonamides is 1. The summed E-state index contributed by atoms with van der Waals surface area (Å²) >= 11 is 0. The van der Waals surface area contributed by atoms with E-state index in [9.17, 15) is 13.2 Å². The maximum atomic E-state index is 12.9. The van der Waals surface area contributed by atoms with Gasteiger partial charge in [-0.25, -0.2) is 8.42 Å². The molecule has 1 saturated heterocycles. The second kappa shape index (κ2) is 9.45. The minimum atomic E-state index is -3.52. The van der Waals surface area contributed by atoms with E-state index in [-0.39, 0.29) is 10.8 Å². The van der Waals surface area contributed by atoms with Crippen LogP contribution >= 0.6 is 0 Å². The lowest BCUT2D eigenvalue weighted by Gasteiger charge is -2.20. The summed E-state index contributed by atoms with van der Waals surface area (Å²) in [7, 11) is -3.52. The van der Waals surface area contributed by atoms with Gasteiger partial charge in [0.15, 0.2) is 0 Å². The van der Waals surface area contributed by atoms with Gasteiger partial charge < -0.3 is 5.32 Å². The zero-order valence-corrected chi connectivity index (χ0v) is 18.1. The van der Waals surface area contributed by atoms with E-state index in [0.29, 0.717) is 30.9 Å². The van der Waals surface area contributed by atoms with Crippen LogP contribution in [-0.2, 0) is 16.6 Å². The van der Waals surface area contributed by atoms with Crippen molar-refractivity contribution in [3.8, 4) is 0 Å². The van der Waals surface area contributed by atoms with Gasteiger partial charge in [0.2, 0.25) is 10.0 Å². The van der Waals surface area contributed by atoms with E-state index >= 15 is 0 Å². The standard InChI is InChI=1S/C23H26N4O3S/c28-23(25-21-16-24-26(18-21)17-19-8-4-3-5-9-19)20-10-12-22(13-11-20)31(29,30)27-14-6-1-2-7-15-27/h3-5,8-13,16,18H,1-2,6-7,14-15,17H2,(H,25,28). The van der Waals surface area contributed by atoms with E-state index in [1.807, 2.05) is 30.3 Å². The van der Waals surface area contributed by atoms with E-state index in [2.05, 4.69) is 10.4 Å². The average molecular weight is 439 g/mol. The Bertz CT molecular complexity index is 1120. The van der Waals surface area contributed by atoms with Gasteiger partial charge in [0, 0.05) is 24.8 Å². The molecule has 7 nitrogen and oxygen atoms in total. The first-order valence-electron chi connectivity index (χ1n) is 10.5. The summed E-state index contributed by atoms with van der Waals surface area (Å²) in [6, 6.07) is 16.0. The predicted octanol–water partition coefficient (Wildman–Crippen LogP) is 3.75. The number of rotatable bonds is 6. The van der Waals surface area contributed by atoms with Crippen molar-refractivity contribution in [2.75, 3.05) is 18.4 Å². The molecule has 1 aliphatic rings. The second-order valence-corrected chi connectivity index (χ2v) is 9.65. The molecule has 1 aliphatic heterocycles. The molecule has 1 N–H and O–H groups in total. The Morgan fingerprint density at radius 2 is 1.61 bits per heavy atom. The fraction of sp³-hybridized carbons (Fsp3) is 0.304. The fourth-order valence-electron chi connectivity index (χ4n) is 3.70. The Morgan fingerprint density at radius 3 is 2.29 bits per heavy atom. The number of benzene rings is 2. The van der Waals surface area contributed by atoms with Crippen molar-refractivity contribution in [1.82, 2.24) is 14.1 Å². The third kappa shape index (κ3) is 5.21. The molecule has 31 heavy (non-hydrogen) atoms. The van der Waals surface area contributed by atoms with Crippen LogP contribution in [0.15, 0.2) is 71.9 Å². The van der Waals surface area contributed by atoms with Crippen molar-refractivity contribution >= 4 is 21.6 Å². The van der Waals surface area contributed by atoms with Crippen molar-refractivity contribution < 1.29 is 13.2 Å². The lowest BCUT2D eigenvalue weighted by atomic mass is 10.2. The number of nitrogens with one attached hydrogen (secondary N) is 1. The van der Waals surface area contributed by atoms with Crippen molar-refractivity contribution in [3.63, 3.8) is 0 Å². The highest BCUT2D eigenvalue weighted by Crippen LogP contribution is 2.21. The van der Waals surface area contributed by atoms with E-state index in [4.69, 9.17) is 0 Å². The zero-order chi connectivity index (χ0) is 21.7. The summed E-state index contributed by atoms with van der Waals surface area (Å²) in [6.45, 7) is 1.72. The number of carbonyl (C=O) groups excluding carboxylic acids is 1. The molecule has 1 amide bonds. The molecule has 2 aromatic carbocycles. The molecule has 1 aromatic heterocycles. The fourth-order valence-corrected chi connectivity index (χ4v) is 5.21. The van der Waals surface area contributed by atoms with Crippen LogP contribution in [-0.4, -0.2) is 41.5 Å². The summed E-state index contributed by atoms with van der Waals surface area (Å²) in [4.78, 5) is 12.8. The Balaban J connectivity index is 1.40. The van der Waals surface area contributed by atoms with Crippen LogP contribution in [0.4, 0.5) is 5.69 Å². The van der Waals surface area contributed by atoms with E-state index in [1.54, 1.807) is 33.5 Å². The first-order valence-corrected chi connectivity index (χ1v) is 11.9. The van der Waals surface area contributed by atoms with E-state index in [0.717, 1.165) is 31.2 Å². The second-order valence-electron chi connectivity index (χ2n) is 7.71. The molecule has 2 heterocycles. The van der Waals surface area contributed by atoms with Crippen LogP contribution in [0.1, 0.15) is 41.6 Å². The predicted molar refractivity (Wildman–Crippen MR) is 119 cm³/mol. The molecule has 0 atom stereocenters. The van der Waals surface area contributed by atoms with Crippen LogP contribution in [0.5, 0.6) is 0 Å². The molecule has 0 unspecified atom stereocenters. The third-order valence-electron chi connectivity index (χ3n) is 5.40. The molecule has 0 radical (unpaired) electrons. The number of nitrogens with zero attached hydrogens (tertiary/aromatic N) is 3. The molecule has 0 saturated carbocycles. The molecule has 3 aromatic rings. The number of carbonyl (C=O) groups is 1. The van der Waals surface area contributed by atoms with Crippen LogP contribution in [0, 0.1) is 0 Å². The highest BCUT2D eigenvalue weighted by Gasteiger charge is 2.25. The number of aromatic nitrogens is 2. The van der Waals surface area contributed by atoms with Crippen molar-refractivity contribution in [2.45, 2.75) is 37.1 Å². The van der Waals surface area contributed by atoms with Crippen LogP contribution in [0.25, 0.3) is 0 Å². The van der Waals surface area contributed by atoms with Gasteiger partial charge in [-0.15, -0.1) is 0 Å². The molecule has 0 spiro atoms. The Labute approximate surface area is 182 Å². The minimum absolute atomic E-state index is 0.224. The lowest BCUT2D eigenvalue weighted by Crippen LogP contribution is -2.31. The maximum absolute atomic E-state index is 12.9. The van der Waals surface area contributed by atoms with E-state index < -0.39 is 10.0 Å². The number of anilines is 1. The summed E-state index contributed by atoms with van der Waals surface area (Å²) in [5, 5.41) is 7.09. The summed E-state index contributed by atoms with van der Waals surface area (Å²) in [6.07, 6.45) is 7.26. The highest BCUT2D eigenvalue weighted by atomic mass is 32.2. The Morgan fingerprint density at radius 1 is 0.935 bits per heavy atom. The van der Waals surface area contributed by atoms with Crippen LogP contribution < -0.4 is 5.32 Å². The van der Waals surface area contributed by atoms with Crippen molar-refractivity contribution in [3.05, 3.63) is 78.1 Å². The first kappa shape index (κ1) is 21.3. The van der Waals surface area contributed by atoms with E-state index in [1.165, 1.54) is 12.1 Å². The lowest BCUT2D eigenvalue weighted by molar-refractivity contribution is 0.102. The topological polar surface area (TPSA) is 84.3 Å². The monoisotopic (exact) mass is 438 g/mol. The number of hydrogen-bond acceptors (Lipinski definition) is 4. The summed E-state index contributed by atoms with van der Waals surface area (Å²) in [5.74, 6) is -0.307. The molecule has 0 aliphatic carbocycles. The maximum Gasteiger partial charge on any atom is 0.255 e. The summed E-state index contributed by atoms with van der Waals surface area (Å²) in [5.41, 5.74) is 2.09. The Hall–Kier alpha value is -2.97. The third-order valence-corrected chi connectivity index (χ3v) is 7.31. The highest BCUT2D eigenvalue weighted by molar-refractivity contribution is 7.89. The van der Waals surface area contributed by atoms with Crippen molar-refractivity contribution in [2.24, 2.45) is 0 Å². The normalized spacial score (nSPS) is 15.4. The van der Waals surface area contributed by atoms with Crippen molar-refractivity contribution in [1.29, 1.82) is 0 Å². The van der Waals surface area contributed by atoms with Gasteiger partial charge in [0.1, 0.15) is 0 Å². The molecule has 1 fully saturated rings. The Kier molecular flexibility index (Phi) is 6.48. The first-order chi connectivity index (χ1) is 15.0. The number of amides is 1. The molecule has 162 valence electrons. The quantitative estimate of drug-likeness (QED) is 0.635. The average Bonchev–Trinajstić information content (AvgIpc) is 3.03. The van der Waals surface area contributed by atoms with Crippen LogP contribution in [0.3, 0.4) is 0 Å². The molecular formula is C23H26N4O3S. The SMILES string of the molecule is O=C(Nc1cnn(Cc2ccccc2)c1)c1ccc(S(=O)(=O)N2CCCCCC2)cc1. The van der Waals surface area contributed by atoms with Gasteiger partial charge in [-0.05, 0) is 42.7 Å². The largest absolute Gasteiger partial charge is 0.319 e.